The third-order valence-electron chi connectivity index (χ3n) is 2.17. The smallest absolute Gasteiger partial charge is 0.268 e. The molecule has 0 spiro atoms. The summed E-state index contributed by atoms with van der Waals surface area (Å²) >= 11 is 5.83. The van der Waals surface area contributed by atoms with Crippen molar-refractivity contribution in [3.8, 4) is 0 Å². The molecule has 0 aliphatic heterocycles. The highest BCUT2D eigenvalue weighted by atomic mass is 35.5. The van der Waals surface area contributed by atoms with E-state index in [0.29, 0.717) is 17.0 Å². The number of benzene rings is 1. The van der Waals surface area contributed by atoms with Crippen LogP contribution in [0.4, 0.5) is 0 Å². The fraction of sp³-hybridized carbons (Fsp3) is 0.0909. The Morgan fingerprint density at radius 2 is 2.25 bits per heavy atom. The molecule has 1 aromatic carbocycles. The van der Waals surface area contributed by atoms with E-state index in [0.717, 1.165) is 10.9 Å². The Kier molecular flexibility index (Phi) is 2.92. The number of amides is 1. The number of aromatic amines is 1. The third kappa shape index (κ3) is 2.06. The van der Waals surface area contributed by atoms with E-state index in [9.17, 15) is 9.59 Å². The Morgan fingerprint density at radius 1 is 1.44 bits per heavy atom. The quantitative estimate of drug-likeness (QED) is 0.798. The van der Waals surface area contributed by atoms with Gasteiger partial charge >= 0.3 is 0 Å². The maximum absolute atomic E-state index is 11.5. The molecule has 2 rings (SSSR count). The van der Waals surface area contributed by atoms with Crippen LogP contribution in [0.1, 0.15) is 10.5 Å². The van der Waals surface area contributed by atoms with Crippen LogP contribution in [-0.4, -0.2) is 23.7 Å². The number of carbonyl (C=O) groups excluding carboxylic acids is 2. The molecular formula is C11H9ClN2O2. The summed E-state index contributed by atoms with van der Waals surface area (Å²) in [7, 11) is 0. The number of halogens is 1. The van der Waals surface area contributed by atoms with Crippen LogP contribution in [-0.2, 0) is 4.79 Å². The van der Waals surface area contributed by atoms with Gasteiger partial charge in [-0.3, -0.25) is 4.79 Å². The van der Waals surface area contributed by atoms with Gasteiger partial charge in [-0.15, -0.1) is 0 Å². The third-order valence-corrected chi connectivity index (χ3v) is 2.41. The summed E-state index contributed by atoms with van der Waals surface area (Å²) in [6, 6.07) is 7.01. The van der Waals surface area contributed by atoms with E-state index in [4.69, 9.17) is 11.6 Å². The number of hydrogen-bond donors (Lipinski definition) is 2. The predicted octanol–water partition coefficient (Wildman–Crippen LogP) is 1.75. The van der Waals surface area contributed by atoms with Crippen molar-refractivity contribution in [3.05, 3.63) is 35.0 Å². The summed E-state index contributed by atoms with van der Waals surface area (Å²) in [5, 5.41) is 3.93. The monoisotopic (exact) mass is 236 g/mol. The van der Waals surface area contributed by atoms with Crippen LogP contribution in [0.2, 0.25) is 5.02 Å². The van der Waals surface area contributed by atoms with E-state index in [1.807, 2.05) is 0 Å². The maximum atomic E-state index is 11.5. The first-order valence-electron chi connectivity index (χ1n) is 4.71. The van der Waals surface area contributed by atoms with Gasteiger partial charge in [0.05, 0.1) is 6.54 Å². The van der Waals surface area contributed by atoms with Gasteiger partial charge in [0.15, 0.2) is 0 Å². The molecule has 1 amide bonds. The number of nitrogens with one attached hydrogen (secondary N) is 2. The highest BCUT2D eigenvalue weighted by Crippen LogP contribution is 2.19. The molecule has 0 unspecified atom stereocenters. The van der Waals surface area contributed by atoms with E-state index in [1.54, 1.807) is 24.3 Å². The minimum Gasteiger partial charge on any atom is -0.351 e. The van der Waals surface area contributed by atoms with Gasteiger partial charge < -0.3 is 15.1 Å². The Hall–Kier alpha value is -1.81. The van der Waals surface area contributed by atoms with Crippen molar-refractivity contribution in [2.75, 3.05) is 6.54 Å². The van der Waals surface area contributed by atoms with Gasteiger partial charge in [-0.05, 0) is 24.3 Å². The molecule has 2 N–H and O–H groups in total. The van der Waals surface area contributed by atoms with E-state index in [-0.39, 0.29) is 12.5 Å². The van der Waals surface area contributed by atoms with Gasteiger partial charge in [0, 0.05) is 15.9 Å². The summed E-state index contributed by atoms with van der Waals surface area (Å²) in [4.78, 5) is 24.6. The standard InChI is InChI=1S/C11H9ClN2O2/c12-8-1-2-9-7(5-8)6-10(14-9)11(16)13-3-4-15/h1-2,4-6,14H,3H2,(H,13,16). The lowest BCUT2D eigenvalue weighted by atomic mass is 10.2. The van der Waals surface area contributed by atoms with Crippen LogP contribution < -0.4 is 5.32 Å². The van der Waals surface area contributed by atoms with Crippen LogP contribution in [0.25, 0.3) is 10.9 Å². The lowest BCUT2D eigenvalue weighted by Gasteiger charge is -1.96. The van der Waals surface area contributed by atoms with Crippen molar-refractivity contribution in [1.29, 1.82) is 0 Å². The molecule has 0 atom stereocenters. The SMILES string of the molecule is O=CCNC(=O)c1cc2cc(Cl)ccc2[nH]1. The number of H-pyrrole nitrogens is 1. The zero-order valence-electron chi connectivity index (χ0n) is 8.29. The first-order chi connectivity index (χ1) is 7.70. The van der Waals surface area contributed by atoms with Crippen LogP contribution in [0, 0.1) is 0 Å². The van der Waals surface area contributed by atoms with E-state index in [2.05, 4.69) is 10.3 Å². The van der Waals surface area contributed by atoms with Gasteiger partial charge in [0.1, 0.15) is 12.0 Å². The molecule has 0 radical (unpaired) electrons. The molecule has 1 heterocycles. The van der Waals surface area contributed by atoms with E-state index < -0.39 is 0 Å². The second kappa shape index (κ2) is 4.37. The Bertz CT molecular complexity index is 548. The highest BCUT2D eigenvalue weighted by molar-refractivity contribution is 6.31. The van der Waals surface area contributed by atoms with E-state index in [1.165, 1.54) is 0 Å². The van der Waals surface area contributed by atoms with Crippen molar-refractivity contribution in [1.82, 2.24) is 10.3 Å². The molecule has 0 saturated heterocycles. The number of carbonyl (C=O) groups is 2. The van der Waals surface area contributed by atoms with E-state index >= 15 is 0 Å². The fourth-order valence-electron chi connectivity index (χ4n) is 1.46. The molecule has 82 valence electrons. The summed E-state index contributed by atoms with van der Waals surface area (Å²) < 4.78 is 0. The summed E-state index contributed by atoms with van der Waals surface area (Å²) in [5.74, 6) is -0.306. The highest BCUT2D eigenvalue weighted by Gasteiger charge is 2.08. The molecule has 2 aromatic rings. The van der Waals surface area contributed by atoms with Crippen molar-refractivity contribution >= 4 is 34.7 Å². The molecule has 0 fully saturated rings. The number of fused-ring (bicyclic) bond motifs is 1. The van der Waals surface area contributed by atoms with Crippen LogP contribution in [0.5, 0.6) is 0 Å². The number of aldehydes is 1. The number of rotatable bonds is 3. The first kappa shape index (κ1) is 10.7. The molecule has 0 aliphatic rings. The van der Waals surface area contributed by atoms with Gasteiger partial charge in [0.2, 0.25) is 0 Å². The average molecular weight is 237 g/mol. The Morgan fingerprint density at radius 3 is 3.00 bits per heavy atom. The molecule has 1 aromatic heterocycles. The summed E-state index contributed by atoms with van der Waals surface area (Å²) in [5.41, 5.74) is 1.25. The molecule has 0 saturated carbocycles. The predicted molar refractivity (Wildman–Crippen MR) is 61.7 cm³/mol. The topological polar surface area (TPSA) is 62.0 Å². The molecule has 4 nitrogen and oxygen atoms in total. The fourth-order valence-corrected chi connectivity index (χ4v) is 1.64. The average Bonchev–Trinajstić information content (AvgIpc) is 2.68. The van der Waals surface area contributed by atoms with Gasteiger partial charge in [0.25, 0.3) is 5.91 Å². The summed E-state index contributed by atoms with van der Waals surface area (Å²) in [6.45, 7) is 0.00888. The molecule has 0 bridgehead atoms. The Balaban J connectivity index is 2.32. The van der Waals surface area contributed by atoms with Gasteiger partial charge in [-0.25, -0.2) is 0 Å². The second-order valence-corrected chi connectivity index (χ2v) is 3.73. The minimum atomic E-state index is -0.306. The van der Waals surface area contributed by atoms with Crippen molar-refractivity contribution < 1.29 is 9.59 Å². The normalized spacial score (nSPS) is 10.3. The number of aromatic nitrogens is 1. The minimum absolute atomic E-state index is 0.00888. The lowest BCUT2D eigenvalue weighted by Crippen LogP contribution is -2.25. The molecule has 5 heteroatoms. The molecule has 0 aliphatic carbocycles. The first-order valence-corrected chi connectivity index (χ1v) is 5.08. The van der Waals surface area contributed by atoms with Crippen molar-refractivity contribution in [2.24, 2.45) is 0 Å². The Labute approximate surface area is 96.6 Å². The number of hydrogen-bond acceptors (Lipinski definition) is 2. The lowest BCUT2D eigenvalue weighted by molar-refractivity contribution is -0.107. The van der Waals surface area contributed by atoms with Crippen LogP contribution >= 0.6 is 11.6 Å². The van der Waals surface area contributed by atoms with Crippen molar-refractivity contribution in [3.63, 3.8) is 0 Å². The van der Waals surface area contributed by atoms with Crippen LogP contribution in [0.3, 0.4) is 0 Å². The van der Waals surface area contributed by atoms with Gasteiger partial charge in [-0.2, -0.15) is 0 Å². The van der Waals surface area contributed by atoms with Gasteiger partial charge in [-0.1, -0.05) is 11.6 Å². The molecule has 16 heavy (non-hydrogen) atoms. The summed E-state index contributed by atoms with van der Waals surface area (Å²) in [6.07, 6.45) is 0.636. The largest absolute Gasteiger partial charge is 0.351 e. The maximum Gasteiger partial charge on any atom is 0.268 e. The molecular weight excluding hydrogens is 228 g/mol. The second-order valence-electron chi connectivity index (χ2n) is 3.29. The zero-order valence-corrected chi connectivity index (χ0v) is 9.04. The van der Waals surface area contributed by atoms with Crippen LogP contribution in [0.15, 0.2) is 24.3 Å². The zero-order chi connectivity index (χ0) is 11.5. The van der Waals surface area contributed by atoms with Crippen molar-refractivity contribution in [2.45, 2.75) is 0 Å².